The Morgan fingerprint density at radius 3 is 2.52 bits per heavy atom. The zero-order valence-corrected chi connectivity index (χ0v) is 16.0. The summed E-state index contributed by atoms with van der Waals surface area (Å²) in [5.41, 5.74) is 3.28. The molecule has 0 N–H and O–H groups in total. The van der Waals surface area contributed by atoms with E-state index in [0.717, 1.165) is 37.6 Å². The van der Waals surface area contributed by atoms with Crippen LogP contribution in [0.1, 0.15) is 10.6 Å². The molecule has 1 aromatic heterocycles. The molecule has 3 aromatic carbocycles. The van der Waals surface area contributed by atoms with E-state index in [1.54, 1.807) is 23.1 Å². The summed E-state index contributed by atoms with van der Waals surface area (Å²) < 4.78 is 6.01. The molecule has 0 unspecified atom stereocenters. The lowest BCUT2D eigenvalue weighted by atomic mass is 10.1. The summed E-state index contributed by atoms with van der Waals surface area (Å²) in [5, 5.41) is 3.11. The minimum Gasteiger partial charge on any atom is -0.455 e. The van der Waals surface area contributed by atoms with Crippen LogP contribution in [0.2, 0.25) is 0 Å². The third-order valence-corrected chi connectivity index (χ3v) is 6.17. The van der Waals surface area contributed by atoms with Gasteiger partial charge in [0.15, 0.2) is 0 Å². The predicted octanol–water partition coefficient (Wildman–Crippen LogP) is 7.24. The molecule has 2 nitrogen and oxygen atoms in total. The number of ether oxygens (including phenoxy) is 1. The second-order valence-electron chi connectivity index (χ2n) is 6.13. The van der Waals surface area contributed by atoms with Crippen LogP contribution in [0, 0.1) is 0 Å². The van der Waals surface area contributed by atoms with Gasteiger partial charge in [0, 0.05) is 10.9 Å². The Balaban J connectivity index is 1.40. The normalized spacial score (nSPS) is 12.4. The van der Waals surface area contributed by atoms with Gasteiger partial charge in [-0.25, -0.2) is 4.98 Å². The van der Waals surface area contributed by atoms with Crippen molar-refractivity contribution in [2.75, 3.05) is 0 Å². The Morgan fingerprint density at radius 2 is 1.59 bits per heavy atom. The van der Waals surface area contributed by atoms with Crippen molar-refractivity contribution in [1.29, 1.82) is 0 Å². The Morgan fingerprint density at radius 1 is 0.778 bits per heavy atom. The first-order chi connectivity index (χ1) is 13.3. The summed E-state index contributed by atoms with van der Waals surface area (Å²) in [5.74, 6) is 1.83. The van der Waals surface area contributed by atoms with E-state index in [9.17, 15) is 0 Å². The Hall–Kier alpha value is -2.82. The van der Waals surface area contributed by atoms with Gasteiger partial charge in [0.05, 0.1) is 15.5 Å². The fraction of sp³-hybridized carbons (Fsp3) is 0. The molecule has 0 bridgehead atoms. The standard InChI is InChI=1S/C23H15NOS2/c1-2-6-16(7-3-1)10-13-23-24-18(15-26-23)17-11-12-20-22(14-17)27-21-9-5-4-8-19(21)25-20/h1-15H/b13-10+. The highest BCUT2D eigenvalue weighted by Gasteiger charge is 2.18. The summed E-state index contributed by atoms with van der Waals surface area (Å²) in [6, 6.07) is 24.7. The van der Waals surface area contributed by atoms with Gasteiger partial charge < -0.3 is 4.74 Å². The van der Waals surface area contributed by atoms with E-state index >= 15 is 0 Å². The quantitative estimate of drug-likeness (QED) is 0.327. The van der Waals surface area contributed by atoms with Gasteiger partial charge in [-0.05, 0) is 42.0 Å². The number of nitrogens with zero attached hydrogens (tertiary/aromatic N) is 1. The van der Waals surface area contributed by atoms with Crippen LogP contribution in [0.3, 0.4) is 0 Å². The Labute approximate surface area is 166 Å². The van der Waals surface area contributed by atoms with Crippen LogP contribution in [0.25, 0.3) is 23.4 Å². The third kappa shape index (κ3) is 3.42. The van der Waals surface area contributed by atoms with Crippen molar-refractivity contribution in [2.45, 2.75) is 9.79 Å². The maximum atomic E-state index is 6.01. The molecule has 2 heterocycles. The molecular weight excluding hydrogens is 370 g/mol. The molecule has 0 saturated carbocycles. The fourth-order valence-electron chi connectivity index (χ4n) is 2.92. The molecular formula is C23H15NOS2. The molecule has 0 radical (unpaired) electrons. The lowest BCUT2D eigenvalue weighted by Crippen LogP contribution is -1.94. The largest absolute Gasteiger partial charge is 0.455 e. The number of para-hydroxylation sites is 1. The zero-order chi connectivity index (χ0) is 18.1. The lowest BCUT2D eigenvalue weighted by molar-refractivity contribution is 0.454. The summed E-state index contributed by atoms with van der Waals surface area (Å²) >= 11 is 3.40. The molecule has 1 aliphatic heterocycles. The molecule has 0 saturated heterocycles. The van der Waals surface area contributed by atoms with E-state index in [2.05, 4.69) is 47.9 Å². The number of hydrogen-bond donors (Lipinski definition) is 0. The van der Waals surface area contributed by atoms with Crippen molar-refractivity contribution in [1.82, 2.24) is 4.98 Å². The first kappa shape index (κ1) is 16.4. The van der Waals surface area contributed by atoms with Crippen molar-refractivity contribution in [2.24, 2.45) is 0 Å². The summed E-state index contributed by atoms with van der Waals surface area (Å²) in [6.07, 6.45) is 4.16. The van der Waals surface area contributed by atoms with Gasteiger partial charge in [-0.3, -0.25) is 0 Å². The minimum atomic E-state index is 0.905. The second-order valence-corrected chi connectivity index (χ2v) is 8.10. The maximum Gasteiger partial charge on any atom is 0.141 e. The van der Waals surface area contributed by atoms with E-state index < -0.39 is 0 Å². The van der Waals surface area contributed by atoms with Crippen LogP contribution in [0.4, 0.5) is 0 Å². The number of aromatic nitrogens is 1. The molecule has 0 spiro atoms. The molecule has 5 rings (SSSR count). The molecule has 0 atom stereocenters. The SMILES string of the molecule is C(=C\c1nc(-c2ccc3c(c2)Sc2ccccc2O3)cs1)/c1ccccc1. The van der Waals surface area contributed by atoms with Crippen LogP contribution < -0.4 is 4.74 Å². The maximum absolute atomic E-state index is 6.01. The molecule has 0 amide bonds. The number of thiazole rings is 1. The van der Waals surface area contributed by atoms with E-state index in [1.165, 1.54) is 5.56 Å². The van der Waals surface area contributed by atoms with E-state index in [4.69, 9.17) is 9.72 Å². The molecule has 0 fully saturated rings. The van der Waals surface area contributed by atoms with Crippen molar-refractivity contribution in [3.63, 3.8) is 0 Å². The predicted molar refractivity (Wildman–Crippen MR) is 114 cm³/mol. The van der Waals surface area contributed by atoms with Gasteiger partial charge in [-0.1, -0.05) is 60.3 Å². The second kappa shape index (κ2) is 7.06. The number of rotatable bonds is 3. The summed E-state index contributed by atoms with van der Waals surface area (Å²) in [7, 11) is 0. The Bertz CT molecular complexity index is 1130. The van der Waals surface area contributed by atoms with Crippen LogP contribution in [-0.4, -0.2) is 4.98 Å². The summed E-state index contributed by atoms with van der Waals surface area (Å²) in [6.45, 7) is 0. The highest BCUT2D eigenvalue weighted by molar-refractivity contribution is 7.99. The average Bonchev–Trinajstić information content (AvgIpc) is 3.20. The monoisotopic (exact) mass is 385 g/mol. The van der Waals surface area contributed by atoms with Crippen LogP contribution >= 0.6 is 23.1 Å². The van der Waals surface area contributed by atoms with Gasteiger partial charge in [0.25, 0.3) is 0 Å². The molecule has 130 valence electrons. The number of benzene rings is 3. The Kier molecular flexibility index (Phi) is 4.28. The van der Waals surface area contributed by atoms with Gasteiger partial charge in [-0.15, -0.1) is 11.3 Å². The van der Waals surface area contributed by atoms with E-state index in [-0.39, 0.29) is 0 Å². The highest BCUT2D eigenvalue weighted by atomic mass is 32.2. The van der Waals surface area contributed by atoms with Crippen molar-refractivity contribution in [3.05, 3.63) is 88.7 Å². The fourth-order valence-corrected chi connectivity index (χ4v) is 4.62. The van der Waals surface area contributed by atoms with Crippen molar-refractivity contribution >= 4 is 35.3 Å². The first-order valence-electron chi connectivity index (χ1n) is 8.63. The zero-order valence-electron chi connectivity index (χ0n) is 14.3. The van der Waals surface area contributed by atoms with Gasteiger partial charge in [0.1, 0.15) is 16.5 Å². The van der Waals surface area contributed by atoms with Crippen LogP contribution in [0.15, 0.2) is 88.0 Å². The first-order valence-corrected chi connectivity index (χ1v) is 10.3. The van der Waals surface area contributed by atoms with E-state index in [0.29, 0.717) is 0 Å². The molecule has 1 aliphatic rings. The highest BCUT2D eigenvalue weighted by Crippen LogP contribution is 2.47. The summed E-state index contributed by atoms with van der Waals surface area (Å²) in [4.78, 5) is 7.04. The average molecular weight is 386 g/mol. The van der Waals surface area contributed by atoms with Gasteiger partial charge >= 0.3 is 0 Å². The van der Waals surface area contributed by atoms with Gasteiger partial charge in [-0.2, -0.15) is 0 Å². The number of hydrogen-bond acceptors (Lipinski definition) is 4. The van der Waals surface area contributed by atoms with E-state index in [1.807, 2.05) is 42.5 Å². The molecule has 0 aliphatic carbocycles. The third-order valence-electron chi connectivity index (χ3n) is 4.27. The smallest absolute Gasteiger partial charge is 0.141 e. The molecule has 4 aromatic rings. The number of fused-ring (bicyclic) bond motifs is 2. The van der Waals surface area contributed by atoms with Crippen LogP contribution in [-0.2, 0) is 0 Å². The van der Waals surface area contributed by atoms with Gasteiger partial charge in [0.2, 0.25) is 0 Å². The van der Waals surface area contributed by atoms with Crippen LogP contribution in [0.5, 0.6) is 11.5 Å². The van der Waals surface area contributed by atoms with Crippen molar-refractivity contribution in [3.8, 4) is 22.8 Å². The lowest BCUT2D eigenvalue weighted by Gasteiger charge is -2.19. The van der Waals surface area contributed by atoms with Crippen molar-refractivity contribution < 1.29 is 4.74 Å². The molecule has 4 heteroatoms. The minimum absolute atomic E-state index is 0.905. The molecule has 27 heavy (non-hydrogen) atoms. The topological polar surface area (TPSA) is 22.1 Å².